The Morgan fingerprint density at radius 2 is 0.658 bits per heavy atom. The number of H-pyrrole nitrogens is 3. The topological polar surface area (TPSA) is 533 Å². The minimum atomic E-state index is -6.13. The van der Waals surface area contributed by atoms with Crippen molar-refractivity contribution in [1.82, 2.24) is 15.0 Å². The van der Waals surface area contributed by atoms with Gasteiger partial charge in [0.1, 0.15) is 37.2 Å². The molecule has 0 fully saturated rings. The average Bonchev–Trinajstić information content (AvgIpc) is 3.99. The maximum Gasteiger partial charge on any atom is 0.466 e. The summed E-state index contributed by atoms with van der Waals surface area (Å²) in [5, 5.41) is 32.5. The smallest absolute Gasteiger partial charge is 0.466 e. The van der Waals surface area contributed by atoms with Crippen molar-refractivity contribution < 1.29 is 167 Å². The number of carboxylic acid groups (broad SMARTS) is 3. The highest BCUT2D eigenvalue weighted by Gasteiger charge is 2.57. The van der Waals surface area contributed by atoms with E-state index in [9.17, 15) is 94.7 Å². The van der Waals surface area contributed by atoms with E-state index in [-0.39, 0.29) is 0 Å². The number of rotatable bonds is 9. The Balaban J connectivity index is -0.000000392. The van der Waals surface area contributed by atoms with Crippen LogP contribution < -0.4 is 28.8 Å². The van der Waals surface area contributed by atoms with E-state index in [1.165, 1.54) is 17.5 Å². The number of nitrogens with zero attached hydrogens (tertiary/aromatic N) is 3. The van der Waals surface area contributed by atoms with Gasteiger partial charge in [-0.3, -0.25) is 21.0 Å². The zero-order chi connectivity index (χ0) is 58.8. The monoisotopic (exact) mass is 1140 g/mol. The number of alkyl halides is 6. The van der Waals surface area contributed by atoms with Crippen LogP contribution in [0.4, 0.5) is 26.3 Å². The van der Waals surface area contributed by atoms with Crippen LogP contribution in [0.5, 0.6) is 0 Å². The maximum absolute atomic E-state index is 12.3. The van der Waals surface area contributed by atoms with Gasteiger partial charge >= 0.3 is 99.8 Å². The molecule has 0 saturated carbocycles. The second kappa shape index (κ2) is 31.2. The molecule has 0 atom stereocenters. The van der Waals surface area contributed by atoms with Crippen molar-refractivity contribution in [3.05, 3.63) is 54.7 Å². The van der Waals surface area contributed by atoms with Gasteiger partial charge in [0.25, 0.3) is 17.5 Å². The second-order valence-corrected chi connectivity index (χ2v) is 16.2. The first-order valence-electron chi connectivity index (χ1n) is 17.8. The number of aliphatic carboxylic acids is 3. The van der Waals surface area contributed by atoms with Crippen molar-refractivity contribution in [2.75, 3.05) is 0 Å². The van der Waals surface area contributed by atoms with Gasteiger partial charge in [-0.2, -0.15) is 51.6 Å². The molecule has 33 nitrogen and oxygen atoms in total. The van der Waals surface area contributed by atoms with Gasteiger partial charge in [-0.25, -0.2) is 71.8 Å². The predicted molar refractivity (Wildman–Crippen MR) is 205 cm³/mol. The van der Waals surface area contributed by atoms with Crippen LogP contribution in [0.15, 0.2) is 37.2 Å². The molecule has 0 aliphatic rings. The summed E-state index contributed by atoms with van der Waals surface area (Å²) in [4.78, 5) is 99.5. The third-order valence-corrected chi connectivity index (χ3v) is 9.13. The van der Waals surface area contributed by atoms with E-state index >= 15 is 0 Å². The Labute approximate surface area is 404 Å². The Hall–Kier alpha value is -7.29. The fourth-order valence-corrected chi connectivity index (χ4v) is 4.00. The van der Waals surface area contributed by atoms with Crippen molar-refractivity contribution in [3.63, 3.8) is 0 Å². The number of imidazole rings is 3. The Kier molecular flexibility index (Phi) is 30.9. The van der Waals surface area contributed by atoms with Gasteiger partial charge in [-0.1, -0.05) is 20.8 Å². The molecule has 3 heterocycles. The van der Waals surface area contributed by atoms with Gasteiger partial charge in [-0.05, 0) is 0 Å². The number of aryl methyl sites for hydroxylation is 6. The summed E-state index contributed by atoms with van der Waals surface area (Å²) in [5.74, 6) is -19.5. The Morgan fingerprint density at radius 1 is 0.493 bits per heavy atom. The van der Waals surface area contributed by atoms with Crippen LogP contribution in [-0.4, -0.2) is 146 Å². The normalized spacial score (nSPS) is 10.9. The maximum atomic E-state index is 12.3. The number of carboxylic acids is 3. The van der Waals surface area contributed by atoms with E-state index in [1.807, 2.05) is 58.3 Å². The summed E-state index contributed by atoms with van der Waals surface area (Å²) < 4.78 is 172. The third-order valence-electron chi connectivity index (χ3n) is 6.69. The van der Waals surface area contributed by atoms with E-state index < -0.39 is 107 Å². The van der Waals surface area contributed by atoms with Crippen molar-refractivity contribution in [2.45, 2.75) is 55.8 Å². The second-order valence-electron chi connectivity index (χ2n) is 11.8. The molecule has 0 spiro atoms. The van der Waals surface area contributed by atoms with E-state index in [2.05, 4.69) is 63.6 Å². The van der Waals surface area contributed by atoms with Crippen LogP contribution in [0.25, 0.3) is 0 Å². The molecule has 0 saturated heterocycles. The average molecular weight is 1140 g/mol. The molecule has 73 heavy (non-hydrogen) atoms. The molecule has 0 aliphatic carbocycles. The van der Waals surface area contributed by atoms with Crippen molar-refractivity contribution >= 4 is 91.4 Å². The van der Waals surface area contributed by atoms with E-state index in [4.69, 9.17) is 44.0 Å². The quantitative estimate of drug-likeness (QED) is 0.0141. The molecule has 414 valence electrons. The number of esters is 6. The van der Waals surface area contributed by atoms with E-state index in [1.54, 1.807) is 0 Å². The fourth-order valence-electron chi connectivity index (χ4n) is 3.24. The van der Waals surface area contributed by atoms with Crippen LogP contribution >= 0.6 is 0 Å². The van der Waals surface area contributed by atoms with Gasteiger partial charge in [-0.15, -0.1) is 0 Å². The lowest BCUT2D eigenvalue weighted by Gasteiger charge is -2.35. The lowest BCUT2D eigenvalue weighted by Crippen LogP contribution is -2.56. The number of aromatic nitrogens is 6. The van der Waals surface area contributed by atoms with Gasteiger partial charge in [0.15, 0.2) is 0 Å². The summed E-state index contributed by atoms with van der Waals surface area (Å²) in [5.41, 5.74) is 0. The molecule has 3 aromatic rings. The number of aromatic amines is 3. The molecule has 3 aromatic heterocycles. The van der Waals surface area contributed by atoms with Gasteiger partial charge in [0, 0.05) is 19.3 Å². The van der Waals surface area contributed by atoms with Crippen LogP contribution in [0.3, 0.4) is 0 Å². The molecular formula is C30H39BF6N6O27S3. The summed E-state index contributed by atoms with van der Waals surface area (Å²) in [6.45, 7) is 6.39. The molecule has 0 radical (unpaired) electrons. The number of nitrogens with one attached hydrogen (secondary N) is 3. The number of halogens is 6. The lowest BCUT2D eigenvalue weighted by molar-refractivity contribution is -0.677. The summed E-state index contributed by atoms with van der Waals surface area (Å²) in [6, 6.07) is 0. The van der Waals surface area contributed by atoms with Gasteiger partial charge in [0.05, 0.1) is 21.1 Å². The Morgan fingerprint density at radius 3 is 0.740 bits per heavy atom. The standard InChI is InChI=1S/3C6H10N2.3C4H2F2O8S.BO3/c3*1-3-6-7-4-5-8(6)2;3*5-4(6,15(11,12)13)3(10)14-2(9)1(7)8;2-1(3)4/h3*4-5H,3H2,1-2H3;3*(H,7,8)(H,11,12,13);/q;;;;;;-3/p+3. The molecule has 0 bridgehead atoms. The Bertz CT molecular complexity index is 2440. The molecule has 3 rings (SSSR count). The molecular weight excluding hydrogens is 1100 g/mol. The van der Waals surface area contributed by atoms with Crippen LogP contribution in [0, 0.1) is 0 Å². The first-order valence-corrected chi connectivity index (χ1v) is 22.1. The predicted octanol–water partition coefficient (Wildman–Crippen LogP) is -6.88. The highest BCUT2D eigenvalue weighted by molar-refractivity contribution is 7.88. The van der Waals surface area contributed by atoms with Gasteiger partial charge < -0.3 is 44.6 Å². The summed E-state index contributed by atoms with van der Waals surface area (Å²) >= 11 is 0. The van der Waals surface area contributed by atoms with Gasteiger partial charge in [0.2, 0.25) is 0 Å². The van der Waals surface area contributed by atoms with E-state index in [0.717, 1.165) is 19.3 Å². The highest BCUT2D eigenvalue weighted by atomic mass is 32.2. The fraction of sp³-hybridized carbons (Fsp3) is 0.400. The molecule has 43 heteroatoms. The molecule has 0 unspecified atom stereocenters. The molecule has 0 amide bonds. The number of carbonyl (C=O) groups excluding carboxylic acids is 6. The van der Waals surface area contributed by atoms with Crippen molar-refractivity contribution in [3.8, 4) is 0 Å². The minimum absolute atomic E-state index is 1.07. The first kappa shape index (κ1) is 72.3. The summed E-state index contributed by atoms with van der Waals surface area (Å²) in [6.07, 6.45) is 15.1. The zero-order valence-corrected chi connectivity index (χ0v) is 39.7. The van der Waals surface area contributed by atoms with Crippen LogP contribution in [0.1, 0.15) is 38.2 Å². The summed E-state index contributed by atoms with van der Waals surface area (Å²) in [7, 11) is -15.2. The van der Waals surface area contributed by atoms with E-state index in [0.29, 0.717) is 0 Å². The zero-order valence-electron chi connectivity index (χ0n) is 37.3. The highest BCUT2D eigenvalue weighted by Crippen LogP contribution is 2.24. The largest absolute Gasteiger partial charge is 0.907 e. The number of ether oxygens (including phenoxy) is 3. The SMILES string of the molecule is CCc1[nH]cc[n+]1C.CCc1[nH]cc[n+]1C.CCc1[nH]cc[n+]1C.O=C(O)C(=O)OC(=O)C(F)(F)S(=O)(=O)O.O=C(O)C(=O)OC(=O)C(F)(F)S(=O)(=O)O.O=C(O)C(=O)OC(=O)C(F)(F)S(=O)(=O)O.[O-]B([O-])[O-]. The van der Waals surface area contributed by atoms with Crippen molar-refractivity contribution in [1.29, 1.82) is 0 Å². The van der Waals surface area contributed by atoms with Crippen molar-refractivity contribution in [2.24, 2.45) is 21.1 Å². The molecule has 0 aromatic carbocycles. The first-order chi connectivity index (χ1) is 32.8. The third kappa shape index (κ3) is 26.7. The number of hydrogen-bond donors (Lipinski definition) is 9. The molecule has 0 aliphatic heterocycles. The van der Waals surface area contributed by atoms with Crippen LogP contribution in [0.2, 0.25) is 0 Å². The minimum Gasteiger partial charge on any atom is -0.907 e. The number of hydrogen-bond acceptors (Lipinski definition) is 21. The number of carbonyl (C=O) groups is 9. The lowest BCUT2D eigenvalue weighted by atomic mass is 10.3. The molecule has 9 N–H and O–H groups in total. The van der Waals surface area contributed by atoms with Crippen LogP contribution in [-0.2, 0) is 128 Å².